The number of nitrogens with one attached hydrogen (secondary N) is 1. The number of morpholine rings is 1. The number of amides is 3. The molecule has 2 heterocycles. The van der Waals surface area contributed by atoms with Crippen LogP contribution >= 0.6 is 0 Å². The summed E-state index contributed by atoms with van der Waals surface area (Å²) in [5, 5.41) is 8.77. The summed E-state index contributed by atoms with van der Waals surface area (Å²) in [6.45, 7) is 8.38. The molecule has 0 unspecified atom stereocenters. The first-order valence-corrected chi connectivity index (χ1v) is 11.9. The number of nitrogens with zero attached hydrogens (tertiary/aromatic N) is 3. The van der Waals surface area contributed by atoms with E-state index in [1.165, 1.54) is 0 Å². The van der Waals surface area contributed by atoms with E-state index in [0.29, 0.717) is 62.6 Å². The second kappa shape index (κ2) is 11.0. The number of rotatable bonds is 5. The molecule has 2 atom stereocenters. The minimum Gasteiger partial charge on any atom is -0.378 e. The zero-order valence-corrected chi connectivity index (χ0v) is 20.1. The summed E-state index contributed by atoms with van der Waals surface area (Å²) in [5.74, 6) is -0.682. The summed E-state index contributed by atoms with van der Waals surface area (Å²) >= 11 is 0. The summed E-state index contributed by atoms with van der Waals surface area (Å²) in [5.41, 5.74) is 4.12. The first kappa shape index (κ1) is 24.8. The van der Waals surface area contributed by atoms with Crippen LogP contribution in [-0.2, 0) is 11.3 Å². The molecule has 9 nitrogen and oxygen atoms in total. The van der Waals surface area contributed by atoms with Crippen LogP contribution in [0.3, 0.4) is 0 Å². The molecule has 0 bridgehead atoms. The molecule has 186 valence electrons. The van der Waals surface area contributed by atoms with Crippen molar-refractivity contribution in [3.63, 3.8) is 0 Å². The maximum atomic E-state index is 13.5. The third-order valence-electron chi connectivity index (χ3n) is 6.61. The number of hydrogen-bond donors (Lipinski definition) is 2. The van der Waals surface area contributed by atoms with E-state index in [1.54, 1.807) is 46.8 Å². The number of carbonyl (C=O) groups is 3. The van der Waals surface area contributed by atoms with Crippen LogP contribution in [0.25, 0.3) is 0 Å². The van der Waals surface area contributed by atoms with Crippen LogP contribution in [0, 0.1) is 0 Å². The van der Waals surface area contributed by atoms with E-state index in [1.807, 2.05) is 30.9 Å². The molecule has 0 saturated carbocycles. The Kier molecular flexibility index (Phi) is 7.80. The Labute approximate surface area is 205 Å². The number of hydrogen-bond acceptors (Lipinski definition) is 6. The van der Waals surface area contributed by atoms with Gasteiger partial charge in [-0.2, -0.15) is 0 Å². The summed E-state index contributed by atoms with van der Waals surface area (Å²) in [7, 11) is 0. The van der Waals surface area contributed by atoms with Crippen LogP contribution in [-0.4, -0.2) is 89.1 Å². The Bertz CT molecular complexity index is 1060. The van der Waals surface area contributed by atoms with Crippen molar-refractivity contribution in [2.75, 3.05) is 39.4 Å². The molecule has 2 aromatic rings. The van der Waals surface area contributed by atoms with Gasteiger partial charge in [0.2, 0.25) is 0 Å². The van der Waals surface area contributed by atoms with E-state index >= 15 is 0 Å². The van der Waals surface area contributed by atoms with Crippen molar-refractivity contribution in [2.24, 2.45) is 0 Å². The van der Waals surface area contributed by atoms with Crippen molar-refractivity contribution in [3.05, 3.63) is 70.8 Å². The summed E-state index contributed by atoms with van der Waals surface area (Å²) in [6, 6.07) is 14.1. The van der Waals surface area contributed by atoms with Crippen molar-refractivity contribution in [3.8, 4) is 0 Å². The predicted molar refractivity (Wildman–Crippen MR) is 129 cm³/mol. The van der Waals surface area contributed by atoms with Gasteiger partial charge in [-0.25, -0.2) is 5.48 Å². The highest BCUT2D eigenvalue weighted by molar-refractivity contribution is 6.00. The number of benzene rings is 2. The molecule has 2 aromatic carbocycles. The Morgan fingerprint density at radius 2 is 1.51 bits per heavy atom. The molecular weight excluding hydrogens is 448 g/mol. The zero-order chi connectivity index (χ0) is 24.9. The monoisotopic (exact) mass is 480 g/mol. The molecule has 9 heteroatoms. The summed E-state index contributed by atoms with van der Waals surface area (Å²) < 4.78 is 5.33. The van der Waals surface area contributed by atoms with Gasteiger partial charge in [-0.15, -0.1) is 0 Å². The van der Waals surface area contributed by atoms with Crippen molar-refractivity contribution < 1.29 is 24.3 Å². The minimum atomic E-state index is -0.540. The quantitative estimate of drug-likeness (QED) is 0.502. The third kappa shape index (κ3) is 5.70. The van der Waals surface area contributed by atoms with Gasteiger partial charge in [0.15, 0.2) is 0 Å². The molecule has 0 spiro atoms. The molecule has 2 fully saturated rings. The van der Waals surface area contributed by atoms with Crippen molar-refractivity contribution >= 4 is 17.7 Å². The van der Waals surface area contributed by atoms with Gasteiger partial charge in [-0.3, -0.25) is 24.5 Å². The summed E-state index contributed by atoms with van der Waals surface area (Å²) in [4.78, 5) is 43.8. The molecule has 0 aromatic heterocycles. The molecule has 4 rings (SSSR count). The third-order valence-corrected chi connectivity index (χ3v) is 6.61. The van der Waals surface area contributed by atoms with Gasteiger partial charge >= 0.3 is 0 Å². The van der Waals surface area contributed by atoms with Gasteiger partial charge in [-0.05, 0) is 49.7 Å². The van der Waals surface area contributed by atoms with Crippen LogP contribution in [0.1, 0.15) is 50.5 Å². The minimum absolute atomic E-state index is 0.00992. The van der Waals surface area contributed by atoms with Gasteiger partial charge in [-0.1, -0.05) is 18.2 Å². The second-order valence-electron chi connectivity index (χ2n) is 9.23. The molecule has 2 aliphatic rings. The largest absolute Gasteiger partial charge is 0.378 e. The van der Waals surface area contributed by atoms with Crippen LogP contribution in [0.4, 0.5) is 0 Å². The Balaban J connectivity index is 1.41. The number of ether oxygens (including phenoxy) is 1. The van der Waals surface area contributed by atoms with Crippen LogP contribution in [0.15, 0.2) is 48.5 Å². The number of hydroxylamine groups is 1. The molecule has 2 aliphatic heterocycles. The maximum Gasteiger partial charge on any atom is 0.274 e. The van der Waals surface area contributed by atoms with Crippen LogP contribution in [0.5, 0.6) is 0 Å². The lowest BCUT2D eigenvalue weighted by Gasteiger charge is -2.44. The molecule has 3 amide bonds. The fourth-order valence-electron chi connectivity index (χ4n) is 4.93. The number of piperazine rings is 1. The van der Waals surface area contributed by atoms with Crippen molar-refractivity contribution in [2.45, 2.75) is 32.5 Å². The standard InChI is InChI=1S/C26H32N4O5/c1-18-15-28(17-20-6-8-21(9-7-20)24(31)27-34)16-19(2)30(18)26(33)23-5-3-4-22(14-23)25(32)29-10-12-35-13-11-29/h3-9,14,18-19,34H,10-13,15-17H2,1-2H3,(H,27,31)/t18-,19+. The fourth-order valence-corrected chi connectivity index (χ4v) is 4.93. The predicted octanol–water partition coefficient (Wildman–Crippen LogP) is 2.01. The highest BCUT2D eigenvalue weighted by Crippen LogP contribution is 2.22. The first-order valence-electron chi connectivity index (χ1n) is 11.9. The van der Waals surface area contributed by atoms with Crippen LogP contribution < -0.4 is 5.48 Å². The van der Waals surface area contributed by atoms with Gasteiger partial charge in [0.1, 0.15) is 0 Å². The Hall–Kier alpha value is -3.27. The topological polar surface area (TPSA) is 102 Å². The highest BCUT2D eigenvalue weighted by Gasteiger charge is 2.33. The smallest absolute Gasteiger partial charge is 0.274 e. The average molecular weight is 481 g/mol. The molecule has 2 N–H and O–H groups in total. The van der Waals surface area contributed by atoms with E-state index in [0.717, 1.165) is 5.56 Å². The average Bonchev–Trinajstić information content (AvgIpc) is 2.88. The SMILES string of the molecule is C[C@@H]1CN(Cc2ccc(C(=O)NO)cc2)C[C@H](C)N1C(=O)c1cccc(C(=O)N2CCOCC2)c1. The second-order valence-corrected chi connectivity index (χ2v) is 9.23. The van der Waals surface area contributed by atoms with Gasteiger partial charge in [0.05, 0.1) is 13.2 Å². The summed E-state index contributed by atoms with van der Waals surface area (Å²) in [6.07, 6.45) is 0. The fraction of sp³-hybridized carbons (Fsp3) is 0.423. The lowest BCUT2D eigenvalue weighted by Crippen LogP contribution is -2.58. The van der Waals surface area contributed by atoms with E-state index in [9.17, 15) is 14.4 Å². The highest BCUT2D eigenvalue weighted by atomic mass is 16.5. The molecule has 35 heavy (non-hydrogen) atoms. The van der Waals surface area contributed by atoms with Gasteiger partial charge in [0, 0.05) is 61.5 Å². The molecule has 0 radical (unpaired) electrons. The van der Waals surface area contributed by atoms with Crippen LogP contribution in [0.2, 0.25) is 0 Å². The lowest BCUT2D eigenvalue weighted by molar-refractivity contribution is 0.0268. The number of carbonyl (C=O) groups excluding carboxylic acids is 3. The van der Waals surface area contributed by atoms with Gasteiger partial charge < -0.3 is 14.5 Å². The normalized spacial score (nSPS) is 21.0. The van der Waals surface area contributed by atoms with Crippen molar-refractivity contribution in [1.29, 1.82) is 0 Å². The van der Waals surface area contributed by atoms with E-state index < -0.39 is 5.91 Å². The zero-order valence-electron chi connectivity index (χ0n) is 20.1. The molecular formula is C26H32N4O5. The van der Waals surface area contributed by atoms with E-state index in [2.05, 4.69) is 4.90 Å². The lowest BCUT2D eigenvalue weighted by atomic mass is 10.0. The Morgan fingerprint density at radius 1 is 0.914 bits per heavy atom. The molecule has 2 saturated heterocycles. The van der Waals surface area contributed by atoms with Crippen molar-refractivity contribution in [1.82, 2.24) is 20.2 Å². The van der Waals surface area contributed by atoms with Gasteiger partial charge in [0.25, 0.3) is 17.7 Å². The first-order chi connectivity index (χ1) is 16.9. The molecule has 0 aliphatic carbocycles. The maximum absolute atomic E-state index is 13.5. The Morgan fingerprint density at radius 3 is 2.11 bits per heavy atom. The van der Waals surface area contributed by atoms with E-state index in [4.69, 9.17) is 9.94 Å². The van der Waals surface area contributed by atoms with E-state index in [-0.39, 0.29) is 23.9 Å².